The molecule has 19 heavy (non-hydrogen) atoms. The number of aromatic nitrogens is 2. The third-order valence-corrected chi connectivity index (χ3v) is 3.02. The Morgan fingerprint density at radius 3 is 2.63 bits per heavy atom. The van der Waals surface area contributed by atoms with Gasteiger partial charge in [0.05, 0.1) is 6.04 Å². The molecule has 1 atom stereocenters. The number of nitrogens with one attached hydrogen (secondary N) is 2. The Hall–Kier alpha value is -2.17. The number of hydrogen-bond acceptors (Lipinski definition) is 4. The van der Waals surface area contributed by atoms with Crippen LogP contribution in [0.1, 0.15) is 24.1 Å². The summed E-state index contributed by atoms with van der Waals surface area (Å²) in [5.74, 6) is 1.29. The predicted molar refractivity (Wildman–Crippen MR) is 74.8 cm³/mol. The van der Waals surface area contributed by atoms with Gasteiger partial charge in [0.2, 0.25) is 0 Å². The highest BCUT2D eigenvalue weighted by Crippen LogP contribution is 2.23. The van der Waals surface area contributed by atoms with Crippen molar-refractivity contribution < 1.29 is 4.39 Å². The molecule has 0 amide bonds. The molecule has 5 heteroatoms. The van der Waals surface area contributed by atoms with Crippen molar-refractivity contribution in [2.75, 3.05) is 17.7 Å². The fraction of sp³-hybridized carbons (Fsp3) is 0.286. The Morgan fingerprint density at radius 2 is 1.95 bits per heavy atom. The molecule has 2 rings (SSSR count). The van der Waals surface area contributed by atoms with E-state index in [9.17, 15) is 4.39 Å². The first-order valence-corrected chi connectivity index (χ1v) is 6.13. The van der Waals surface area contributed by atoms with Crippen molar-refractivity contribution in [1.82, 2.24) is 9.97 Å². The largest absolute Gasteiger partial charge is 0.373 e. The molecule has 0 aliphatic rings. The Labute approximate surface area is 112 Å². The van der Waals surface area contributed by atoms with Gasteiger partial charge in [0.25, 0.3) is 0 Å². The first-order valence-electron chi connectivity index (χ1n) is 6.13. The lowest BCUT2D eigenvalue weighted by atomic mass is 10.1. The summed E-state index contributed by atoms with van der Waals surface area (Å²) in [6, 6.07) is 6.51. The smallest absolute Gasteiger partial charge is 0.134 e. The maximum atomic E-state index is 13.2. The van der Waals surface area contributed by atoms with Crippen molar-refractivity contribution >= 4 is 11.6 Å². The van der Waals surface area contributed by atoms with Gasteiger partial charge in [-0.2, -0.15) is 0 Å². The first-order chi connectivity index (χ1) is 9.11. The maximum Gasteiger partial charge on any atom is 0.134 e. The van der Waals surface area contributed by atoms with E-state index in [2.05, 4.69) is 20.6 Å². The van der Waals surface area contributed by atoms with Crippen LogP contribution in [0.2, 0.25) is 0 Å². The number of nitrogens with zero attached hydrogens (tertiary/aromatic N) is 2. The van der Waals surface area contributed by atoms with Crippen LogP contribution in [0.15, 0.2) is 30.6 Å². The van der Waals surface area contributed by atoms with Crippen LogP contribution in [0.5, 0.6) is 0 Å². The number of hydrogen-bond donors (Lipinski definition) is 2. The van der Waals surface area contributed by atoms with Crippen LogP contribution >= 0.6 is 0 Å². The highest BCUT2D eigenvalue weighted by molar-refractivity contribution is 5.56. The van der Waals surface area contributed by atoms with Crippen molar-refractivity contribution in [2.24, 2.45) is 0 Å². The topological polar surface area (TPSA) is 49.8 Å². The number of anilines is 2. The summed E-state index contributed by atoms with van der Waals surface area (Å²) in [4.78, 5) is 8.35. The Bertz CT molecular complexity index is 571. The standard InChI is InChI=1S/C14H17FN4/c1-9-13(16-3)17-8-18-14(9)19-10(2)11-5-4-6-12(15)7-11/h4-8,10H,1-3H3,(H2,16,17,18,19). The van der Waals surface area contributed by atoms with Crippen LogP contribution in [0.4, 0.5) is 16.0 Å². The molecule has 0 spiro atoms. The van der Waals surface area contributed by atoms with Gasteiger partial charge >= 0.3 is 0 Å². The average molecular weight is 260 g/mol. The quantitative estimate of drug-likeness (QED) is 0.886. The lowest BCUT2D eigenvalue weighted by Crippen LogP contribution is -2.11. The van der Waals surface area contributed by atoms with E-state index in [1.807, 2.05) is 27.0 Å². The number of benzene rings is 1. The lowest BCUT2D eigenvalue weighted by Gasteiger charge is -2.17. The van der Waals surface area contributed by atoms with E-state index in [1.54, 1.807) is 6.07 Å². The molecular formula is C14H17FN4. The molecule has 0 saturated heterocycles. The molecular weight excluding hydrogens is 243 g/mol. The van der Waals surface area contributed by atoms with Crippen LogP contribution in [0.25, 0.3) is 0 Å². The highest BCUT2D eigenvalue weighted by Gasteiger charge is 2.10. The SMILES string of the molecule is CNc1ncnc(NC(C)c2cccc(F)c2)c1C. The summed E-state index contributed by atoms with van der Waals surface area (Å²) < 4.78 is 13.2. The summed E-state index contributed by atoms with van der Waals surface area (Å²) in [5.41, 5.74) is 1.82. The van der Waals surface area contributed by atoms with Crippen molar-refractivity contribution in [3.05, 3.63) is 47.5 Å². The number of halogens is 1. The molecule has 4 nitrogen and oxygen atoms in total. The summed E-state index contributed by atoms with van der Waals surface area (Å²) in [7, 11) is 1.81. The normalized spacial score (nSPS) is 12.0. The third-order valence-electron chi connectivity index (χ3n) is 3.02. The van der Waals surface area contributed by atoms with E-state index in [-0.39, 0.29) is 11.9 Å². The van der Waals surface area contributed by atoms with Crippen LogP contribution in [-0.4, -0.2) is 17.0 Å². The van der Waals surface area contributed by atoms with E-state index >= 15 is 0 Å². The van der Waals surface area contributed by atoms with Gasteiger partial charge in [0.15, 0.2) is 0 Å². The van der Waals surface area contributed by atoms with E-state index < -0.39 is 0 Å². The molecule has 0 radical (unpaired) electrons. The summed E-state index contributed by atoms with van der Waals surface area (Å²) >= 11 is 0. The minimum Gasteiger partial charge on any atom is -0.373 e. The van der Waals surface area contributed by atoms with E-state index in [0.29, 0.717) is 0 Å². The summed E-state index contributed by atoms with van der Waals surface area (Å²) in [6.07, 6.45) is 1.50. The highest BCUT2D eigenvalue weighted by atomic mass is 19.1. The molecule has 1 aromatic heterocycles. The van der Waals surface area contributed by atoms with E-state index in [0.717, 1.165) is 22.8 Å². The monoisotopic (exact) mass is 260 g/mol. The molecule has 2 aromatic rings. The molecule has 0 fully saturated rings. The Balaban J connectivity index is 2.21. The summed E-state index contributed by atoms with van der Waals surface area (Å²) in [5, 5.41) is 6.28. The first kappa shape index (κ1) is 13.3. The van der Waals surface area contributed by atoms with Gasteiger partial charge in [-0.1, -0.05) is 12.1 Å². The summed E-state index contributed by atoms with van der Waals surface area (Å²) in [6.45, 7) is 3.90. The van der Waals surface area contributed by atoms with Gasteiger partial charge in [0, 0.05) is 12.6 Å². The second-order valence-corrected chi connectivity index (χ2v) is 4.37. The van der Waals surface area contributed by atoms with Gasteiger partial charge in [-0.3, -0.25) is 0 Å². The Morgan fingerprint density at radius 1 is 1.21 bits per heavy atom. The second kappa shape index (κ2) is 5.65. The second-order valence-electron chi connectivity index (χ2n) is 4.37. The molecule has 2 N–H and O–H groups in total. The molecule has 1 aromatic carbocycles. The van der Waals surface area contributed by atoms with Gasteiger partial charge in [-0.25, -0.2) is 14.4 Å². The molecule has 0 aliphatic carbocycles. The van der Waals surface area contributed by atoms with Gasteiger partial charge in [-0.15, -0.1) is 0 Å². The molecule has 1 unspecified atom stereocenters. The zero-order valence-electron chi connectivity index (χ0n) is 11.2. The van der Waals surface area contributed by atoms with Crippen molar-refractivity contribution in [1.29, 1.82) is 0 Å². The number of rotatable bonds is 4. The minimum absolute atomic E-state index is 0.0333. The van der Waals surface area contributed by atoms with E-state index in [1.165, 1.54) is 18.5 Å². The van der Waals surface area contributed by atoms with Crippen molar-refractivity contribution in [2.45, 2.75) is 19.9 Å². The van der Waals surface area contributed by atoms with Gasteiger partial charge in [-0.05, 0) is 31.5 Å². The predicted octanol–water partition coefficient (Wildman–Crippen LogP) is 3.14. The minimum atomic E-state index is -0.235. The molecule has 0 saturated carbocycles. The van der Waals surface area contributed by atoms with Crippen molar-refractivity contribution in [3.8, 4) is 0 Å². The zero-order valence-corrected chi connectivity index (χ0v) is 11.2. The molecule has 0 aliphatic heterocycles. The fourth-order valence-corrected chi connectivity index (χ4v) is 1.91. The average Bonchev–Trinajstić information content (AvgIpc) is 2.41. The van der Waals surface area contributed by atoms with Crippen LogP contribution in [0.3, 0.4) is 0 Å². The van der Waals surface area contributed by atoms with Gasteiger partial charge < -0.3 is 10.6 Å². The van der Waals surface area contributed by atoms with Crippen LogP contribution in [-0.2, 0) is 0 Å². The van der Waals surface area contributed by atoms with E-state index in [4.69, 9.17) is 0 Å². The maximum absolute atomic E-state index is 13.2. The van der Waals surface area contributed by atoms with Gasteiger partial charge in [0.1, 0.15) is 23.8 Å². The fourth-order valence-electron chi connectivity index (χ4n) is 1.91. The van der Waals surface area contributed by atoms with Crippen LogP contribution < -0.4 is 10.6 Å². The molecule has 100 valence electrons. The van der Waals surface area contributed by atoms with Crippen molar-refractivity contribution in [3.63, 3.8) is 0 Å². The lowest BCUT2D eigenvalue weighted by molar-refractivity contribution is 0.623. The van der Waals surface area contributed by atoms with Crippen LogP contribution in [0, 0.1) is 12.7 Å². The molecule has 0 bridgehead atoms. The Kier molecular flexibility index (Phi) is 3.94. The third kappa shape index (κ3) is 2.99. The molecule has 1 heterocycles. The zero-order chi connectivity index (χ0) is 13.8.